The van der Waals surface area contributed by atoms with Crippen molar-refractivity contribution >= 4 is 11.8 Å². The van der Waals surface area contributed by atoms with Crippen LogP contribution in [0.1, 0.15) is 29.3 Å². The summed E-state index contributed by atoms with van der Waals surface area (Å²) in [6.07, 6.45) is -0.0191. The van der Waals surface area contributed by atoms with Crippen molar-refractivity contribution in [2.45, 2.75) is 26.0 Å². The van der Waals surface area contributed by atoms with Crippen molar-refractivity contribution in [3.05, 3.63) is 35.4 Å². The highest BCUT2D eigenvalue weighted by molar-refractivity contribution is 5.94. The summed E-state index contributed by atoms with van der Waals surface area (Å²) in [4.78, 5) is 23.3. The van der Waals surface area contributed by atoms with E-state index in [1.165, 1.54) is 7.11 Å². The van der Waals surface area contributed by atoms with Crippen LogP contribution in [-0.2, 0) is 16.1 Å². The number of benzene rings is 1. The van der Waals surface area contributed by atoms with Crippen LogP contribution in [-0.4, -0.2) is 38.1 Å². The molecular weight excluding hydrogens is 270 g/mol. The van der Waals surface area contributed by atoms with Crippen LogP contribution in [0.15, 0.2) is 24.3 Å². The highest BCUT2D eigenvalue weighted by Gasteiger charge is 2.11. The molecule has 0 aromatic heterocycles. The predicted octanol–water partition coefficient (Wildman–Crippen LogP) is 0.416. The van der Waals surface area contributed by atoms with Gasteiger partial charge in [-0.3, -0.25) is 9.59 Å². The highest BCUT2D eigenvalue weighted by atomic mass is 16.5. The SMILES string of the molecule is CCNC(=O)c1ccc(CNC(=O)CC(CN)OC)cc1. The predicted molar refractivity (Wildman–Crippen MR) is 80.8 cm³/mol. The van der Waals surface area contributed by atoms with Gasteiger partial charge in [0.05, 0.1) is 12.5 Å². The van der Waals surface area contributed by atoms with E-state index in [4.69, 9.17) is 10.5 Å². The Morgan fingerprint density at radius 2 is 1.90 bits per heavy atom. The quantitative estimate of drug-likeness (QED) is 0.647. The first-order valence-corrected chi connectivity index (χ1v) is 6.97. The van der Waals surface area contributed by atoms with Gasteiger partial charge < -0.3 is 21.1 Å². The second kappa shape index (κ2) is 9.10. The molecule has 0 aliphatic heterocycles. The molecule has 6 nitrogen and oxygen atoms in total. The molecule has 6 heteroatoms. The number of rotatable bonds is 8. The lowest BCUT2D eigenvalue weighted by Gasteiger charge is -2.12. The Labute approximate surface area is 125 Å². The van der Waals surface area contributed by atoms with E-state index in [0.29, 0.717) is 25.2 Å². The lowest BCUT2D eigenvalue weighted by atomic mass is 10.1. The van der Waals surface area contributed by atoms with E-state index in [1.807, 2.05) is 19.1 Å². The maximum Gasteiger partial charge on any atom is 0.251 e. The first kappa shape index (κ1) is 17.1. The molecule has 21 heavy (non-hydrogen) atoms. The summed E-state index contributed by atoms with van der Waals surface area (Å²) in [7, 11) is 1.53. The lowest BCUT2D eigenvalue weighted by Crippen LogP contribution is -2.31. The van der Waals surface area contributed by atoms with Crippen LogP contribution in [0.2, 0.25) is 0 Å². The van der Waals surface area contributed by atoms with Crippen molar-refractivity contribution in [2.75, 3.05) is 20.2 Å². The van der Waals surface area contributed by atoms with E-state index in [1.54, 1.807) is 12.1 Å². The standard InChI is InChI=1S/C15H23N3O3/c1-3-17-15(20)12-6-4-11(5-7-12)10-18-14(19)8-13(9-16)21-2/h4-7,13H,3,8-10,16H2,1-2H3,(H,17,20)(H,18,19). The zero-order valence-electron chi connectivity index (χ0n) is 12.5. The molecule has 0 fully saturated rings. The van der Waals surface area contributed by atoms with Gasteiger partial charge in [0.1, 0.15) is 0 Å². The van der Waals surface area contributed by atoms with Gasteiger partial charge in [-0.2, -0.15) is 0 Å². The lowest BCUT2D eigenvalue weighted by molar-refractivity contribution is -0.123. The van der Waals surface area contributed by atoms with Crippen LogP contribution in [0.3, 0.4) is 0 Å². The van der Waals surface area contributed by atoms with Crippen LogP contribution in [0.5, 0.6) is 0 Å². The van der Waals surface area contributed by atoms with E-state index < -0.39 is 0 Å². The van der Waals surface area contributed by atoms with Gasteiger partial charge in [-0.05, 0) is 24.6 Å². The Morgan fingerprint density at radius 3 is 2.43 bits per heavy atom. The number of hydrogen-bond acceptors (Lipinski definition) is 4. The molecule has 0 bridgehead atoms. The van der Waals surface area contributed by atoms with Crippen molar-refractivity contribution in [3.63, 3.8) is 0 Å². The molecule has 2 amide bonds. The van der Waals surface area contributed by atoms with E-state index in [9.17, 15) is 9.59 Å². The molecule has 1 unspecified atom stereocenters. The summed E-state index contributed by atoms with van der Waals surface area (Å²) >= 11 is 0. The average molecular weight is 293 g/mol. The van der Waals surface area contributed by atoms with Gasteiger partial charge in [0.15, 0.2) is 0 Å². The van der Waals surface area contributed by atoms with Crippen molar-refractivity contribution < 1.29 is 14.3 Å². The van der Waals surface area contributed by atoms with Crippen molar-refractivity contribution in [1.29, 1.82) is 0 Å². The number of nitrogens with one attached hydrogen (secondary N) is 2. The molecule has 0 aliphatic carbocycles. The first-order chi connectivity index (χ1) is 10.1. The first-order valence-electron chi connectivity index (χ1n) is 6.97. The topological polar surface area (TPSA) is 93.5 Å². The van der Waals surface area contributed by atoms with Gasteiger partial charge in [0.2, 0.25) is 5.91 Å². The molecule has 4 N–H and O–H groups in total. The molecule has 0 spiro atoms. The van der Waals surface area contributed by atoms with E-state index in [0.717, 1.165) is 5.56 Å². The van der Waals surface area contributed by atoms with Crippen molar-refractivity contribution in [2.24, 2.45) is 5.73 Å². The summed E-state index contributed by atoms with van der Waals surface area (Å²) < 4.78 is 5.06. The smallest absolute Gasteiger partial charge is 0.251 e. The third kappa shape index (κ3) is 5.93. The maximum atomic E-state index is 11.7. The summed E-state index contributed by atoms with van der Waals surface area (Å²) in [6.45, 7) is 3.19. The third-order valence-electron chi connectivity index (χ3n) is 3.05. The number of nitrogens with two attached hydrogens (primary N) is 1. The van der Waals surface area contributed by atoms with Gasteiger partial charge >= 0.3 is 0 Å². The Kier molecular flexibility index (Phi) is 7.42. The minimum atomic E-state index is -0.259. The zero-order chi connectivity index (χ0) is 15.7. The normalized spacial score (nSPS) is 11.8. The fourth-order valence-corrected chi connectivity index (χ4v) is 1.78. The van der Waals surface area contributed by atoms with Gasteiger partial charge in [0.25, 0.3) is 5.91 Å². The molecule has 116 valence electrons. The van der Waals surface area contributed by atoms with Crippen LogP contribution in [0.25, 0.3) is 0 Å². The van der Waals surface area contributed by atoms with Crippen molar-refractivity contribution in [3.8, 4) is 0 Å². The van der Waals surface area contributed by atoms with E-state index in [2.05, 4.69) is 10.6 Å². The van der Waals surface area contributed by atoms with Gasteiger partial charge in [-0.1, -0.05) is 12.1 Å². The molecule has 1 aromatic rings. The average Bonchev–Trinajstić information content (AvgIpc) is 2.51. The Bertz CT molecular complexity index is 456. The fraction of sp³-hybridized carbons (Fsp3) is 0.467. The highest BCUT2D eigenvalue weighted by Crippen LogP contribution is 2.05. The molecule has 0 radical (unpaired) electrons. The monoisotopic (exact) mass is 293 g/mol. The minimum absolute atomic E-state index is 0.0982. The summed E-state index contributed by atoms with van der Waals surface area (Å²) in [5, 5.41) is 5.53. The molecule has 0 heterocycles. The minimum Gasteiger partial charge on any atom is -0.380 e. The summed E-state index contributed by atoms with van der Waals surface area (Å²) in [6, 6.07) is 7.12. The maximum absolute atomic E-state index is 11.7. The number of carbonyl (C=O) groups is 2. The van der Waals surface area contributed by atoms with Gasteiger partial charge in [-0.25, -0.2) is 0 Å². The second-order valence-electron chi connectivity index (χ2n) is 4.63. The number of methoxy groups -OCH3 is 1. The molecule has 1 aromatic carbocycles. The molecule has 0 aliphatic rings. The van der Waals surface area contributed by atoms with Gasteiger partial charge in [-0.15, -0.1) is 0 Å². The van der Waals surface area contributed by atoms with Crippen LogP contribution in [0.4, 0.5) is 0 Å². The number of ether oxygens (including phenoxy) is 1. The van der Waals surface area contributed by atoms with E-state index >= 15 is 0 Å². The summed E-state index contributed by atoms with van der Waals surface area (Å²) in [5.74, 6) is -0.209. The third-order valence-corrected chi connectivity index (χ3v) is 3.05. The molecule has 1 atom stereocenters. The Balaban J connectivity index is 2.45. The second-order valence-corrected chi connectivity index (χ2v) is 4.63. The Hall–Kier alpha value is -1.92. The molecule has 1 rings (SSSR count). The van der Waals surface area contributed by atoms with Crippen molar-refractivity contribution in [1.82, 2.24) is 10.6 Å². The van der Waals surface area contributed by atoms with E-state index in [-0.39, 0.29) is 24.3 Å². The zero-order valence-corrected chi connectivity index (χ0v) is 12.5. The van der Waals surface area contributed by atoms with Crippen LogP contribution in [0, 0.1) is 0 Å². The van der Waals surface area contributed by atoms with Crippen LogP contribution >= 0.6 is 0 Å². The van der Waals surface area contributed by atoms with Crippen LogP contribution < -0.4 is 16.4 Å². The largest absolute Gasteiger partial charge is 0.380 e. The molecular formula is C15H23N3O3. The number of carbonyl (C=O) groups excluding carboxylic acids is 2. The Morgan fingerprint density at radius 1 is 1.24 bits per heavy atom. The number of amides is 2. The fourth-order valence-electron chi connectivity index (χ4n) is 1.78. The summed E-state index contributed by atoms with van der Waals surface area (Å²) in [5.41, 5.74) is 7.00. The van der Waals surface area contributed by atoms with Gasteiger partial charge in [0, 0.05) is 32.3 Å². The molecule has 0 saturated heterocycles. The number of hydrogen-bond donors (Lipinski definition) is 3. The molecule has 0 saturated carbocycles.